The van der Waals surface area contributed by atoms with Crippen LogP contribution in [0, 0.1) is 20.8 Å². The van der Waals surface area contributed by atoms with Crippen molar-refractivity contribution in [1.82, 2.24) is 5.32 Å². The average Bonchev–Trinajstić information content (AvgIpc) is 3.09. The summed E-state index contributed by atoms with van der Waals surface area (Å²) < 4.78 is 1.02. The minimum atomic E-state index is -0.328. The number of rotatable bonds is 3. The first-order valence-corrected chi connectivity index (χ1v) is 6.24. The van der Waals surface area contributed by atoms with Gasteiger partial charge in [-0.05, 0) is 59.5 Å². The molecule has 1 amide bonds. The predicted molar refractivity (Wildman–Crippen MR) is 68.8 cm³/mol. The third kappa shape index (κ3) is 2.73. The van der Waals surface area contributed by atoms with Crippen LogP contribution in [0.25, 0.3) is 0 Å². The molecule has 0 bridgehead atoms. The number of halogens is 1. The molecule has 2 rings (SSSR count). The van der Waals surface area contributed by atoms with Gasteiger partial charge in [-0.3, -0.25) is 4.79 Å². The van der Waals surface area contributed by atoms with Gasteiger partial charge in [0.15, 0.2) is 0 Å². The lowest BCUT2D eigenvalue weighted by molar-refractivity contribution is 0.0942. The van der Waals surface area contributed by atoms with Crippen LogP contribution in [-0.4, -0.2) is 11.9 Å². The molecule has 1 aliphatic rings. The largest absolute Gasteiger partial charge is 0.336 e. The minimum absolute atomic E-state index is 0.156. The number of amides is 1. The Morgan fingerprint density at radius 1 is 1.56 bits per heavy atom. The number of hydrogen-bond donors (Lipinski definition) is 1. The molecule has 3 nitrogen and oxygen atoms in total. The first kappa shape index (κ1) is 11.4. The second kappa shape index (κ2) is 4.83. The van der Waals surface area contributed by atoms with Crippen molar-refractivity contribution in [1.29, 1.82) is 5.26 Å². The van der Waals surface area contributed by atoms with Crippen molar-refractivity contribution in [3.8, 4) is 6.07 Å². The zero-order valence-electron chi connectivity index (χ0n) is 8.61. The van der Waals surface area contributed by atoms with Gasteiger partial charge in [-0.1, -0.05) is 6.07 Å². The summed E-state index contributed by atoms with van der Waals surface area (Å²) in [6.07, 6.45) is 2.09. The van der Waals surface area contributed by atoms with Crippen LogP contribution >= 0.6 is 22.6 Å². The second-order valence-electron chi connectivity index (χ2n) is 3.93. The topological polar surface area (TPSA) is 52.9 Å². The smallest absolute Gasteiger partial charge is 0.252 e. The van der Waals surface area contributed by atoms with Gasteiger partial charge >= 0.3 is 0 Å². The Balaban J connectivity index is 2.05. The van der Waals surface area contributed by atoms with E-state index in [0.717, 1.165) is 16.4 Å². The highest BCUT2D eigenvalue weighted by atomic mass is 127. The molecule has 1 aliphatic carbocycles. The Bertz CT molecular complexity index is 449. The van der Waals surface area contributed by atoms with Crippen molar-refractivity contribution in [2.24, 2.45) is 5.92 Å². The van der Waals surface area contributed by atoms with Gasteiger partial charge in [-0.2, -0.15) is 5.26 Å². The highest BCUT2D eigenvalue weighted by Crippen LogP contribution is 2.32. The maximum atomic E-state index is 11.8. The van der Waals surface area contributed by atoms with Crippen LogP contribution in [0.4, 0.5) is 0 Å². The Labute approximate surface area is 108 Å². The third-order valence-corrected chi connectivity index (χ3v) is 3.28. The lowest BCUT2D eigenvalue weighted by Crippen LogP contribution is -2.35. The summed E-state index contributed by atoms with van der Waals surface area (Å²) in [5.74, 6) is 0.203. The summed E-state index contributed by atoms with van der Waals surface area (Å²) >= 11 is 2.16. The molecule has 0 aliphatic heterocycles. The zero-order valence-corrected chi connectivity index (χ0v) is 10.8. The number of nitrogens with zero attached hydrogens (tertiary/aromatic N) is 1. The van der Waals surface area contributed by atoms with E-state index in [1.807, 2.05) is 18.2 Å². The summed E-state index contributed by atoms with van der Waals surface area (Å²) in [6.45, 7) is 0. The second-order valence-corrected chi connectivity index (χ2v) is 5.17. The molecule has 0 saturated heterocycles. The van der Waals surface area contributed by atoms with Gasteiger partial charge in [-0.25, -0.2) is 0 Å². The number of carbonyl (C=O) groups is 1. The monoisotopic (exact) mass is 326 g/mol. The van der Waals surface area contributed by atoms with Crippen LogP contribution in [0.3, 0.4) is 0 Å². The van der Waals surface area contributed by atoms with Gasteiger partial charge in [0.1, 0.15) is 6.04 Å². The summed E-state index contributed by atoms with van der Waals surface area (Å²) in [6, 6.07) is 9.17. The Morgan fingerprint density at radius 3 is 2.88 bits per heavy atom. The maximum absolute atomic E-state index is 11.8. The van der Waals surface area contributed by atoms with Crippen LogP contribution in [0.5, 0.6) is 0 Å². The average molecular weight is 326 g/mol. The van der Waals surface area contributed by atoms with E-state index < -0.39 is 0 Å². The normalized spacial score (nSPS) is 16.2. The van der Waals surface area contributed by atoms with Crippen LogP contribution < -0.4 is 5.32 Å². The van der Waals surface area contributed by atoms with Crippen molar-refractivity contribution in [2.75, 3.05) is 0 Å². The molecule has 0 spiro atoms. The molecule has 1 fully saturated rings. The molecule has 0 aromatic heterocycles. The molecule has 16 heavy (non-hydrogen) atoms. The van der Waals surface area contributed by atoms with Crippen LogP contribution in [0.1, 0.15) is 23.2 Å². The van der Waals surface area contributed by atoms with Gasteiger partial charge in [0.2, 0.25) is 0 Å². The maximum Gasteiger partial charge on any atom is 0.252 e. The summed E-state index contributed by atoms with van der Waals surface area (Å²) in [5.41, 5.74) is 0.618. The van der Waals surface area contributed by atoms with Crippen molar-refractivity contribution in [2.45, 2.75) is 18.9 Å². The summed E-state index contributed by atoms with van der Waals surface area (Å²) in [5, 5.41) is 11.7. The molecule has 82 valence electrons. The molecule has 1 saturated carbocycles. The molecular weight excluding hydrogens is 315 g/mol. The highest BCUT2D eigenvalue weighted by molar-refractivity contribution is 14.1. The molecule has 0 heterocycles. The predicted octanol–water partition coefficient (Wildman–Crippen LogP) is 2.32. The number of nitrogens with one attached hydrogen (secondary N) is 1. The molecule has 1 N–H and O–H groups in total. The SMILES string of the molecule is N#CC(NC(=O)c1cccc(I)c1)C1CC1. The zero-order chi connectivity index (χ0) is 11.5. The van der Waals surface area contributed by atoms with Crippen molar-refractivity contribution < 1.29 is 4.79 Å². The summed E-state index contributed by atoms with van der Waals surface area (Å²) in [7, 11) is 0. The summed E-state index contributed by atoms with van der Waals surface area (Å²) in [4.78, 5) is 11.8. The van der Waals surface area contributed by atoms with Gasteiger partial charge < -0.3 is 5.32 Å². The standard InChI is InChI=1S/C12H11IN2O/c13-10-3-1-2-9(6-10)12(16)15-11(7-14)8-4-5-8/h1-3,6,8,11H,4-5H2,(H,15,16). The van der Waals surface area contributed by atoms with Gasteiger partial charge in [0, 0.05) is 9.13 Å². The fraction of sp³-hybridized carbons (Fsp3) is 0.333. The Morgan fingerprint density at radius 2 is 2.31 bits per heavy atom. The number of hydrogen-bond acceptors (Lipinski definition) is 2. The van der Waals surface area contributed by atoms with E-state index in [0.29, 0.717) is 11.5 Å². The van der Waals surface area contributed by atoms with E-state index in [-0.39, 0.29) is 11.9 Å². The number of benzene rings is 1. The first-order chi connectivity index (χ1) is 7.70. The van der Waals surface area contributed by atoms with Crippen molar-refractivity contribution in [3.63, 3.8) is 0 Å². The highest BCUT2D eigenvalue weighted by Gasteiger charge is 2.32. The van der Waals surface area contributed by atoms with E-state index in [9.17, 15) is 4.79 Å². The molecule has 1 atom stereocenters. The molecule has 1 unspecified atom stereocenters. The fourth-order valence-corrected chi connectivity index (χ4v) is 2.08. The molecule has 0 radical (unpaired) electrons. The van der Waals surface area contributed by atoms with Gasteiger partial charge in [0.25, 0.3) is 5.91 Å². The third-order valence-electron chi connectivity index (χ3n) is 2.61. The molecule has 4 heteroatoms. The van der Waals surface area contributed by atoms with E-state index in [1.54, 1.807) is 6.07 Å². The molecule has 1 aromatic carbocycles. The van der Waals surface area contributed by atoms with E-state index in [1.165, 1.54) is 0 Å². The fourth-order valence-electron chi connectivity index (χ4n) is 1.54. The Kier molecular flexibility index (Phi) is 3.44. The Hall–Kier alpha value is -1.09. The minimum Gasteiger partial charge on any atom is -0.336 e. The molecular formula is C12H11IN2O. The lowest BCUT2D eigenvalue weighted by atomic mass is 10.1. The van der Waals surface area contributed by atoms with Crippen LogP contribution in [-0.2, 0) is 0 Å². The van der Waals surface area contributed by atoms with E-state index in [4.69, 9.17) is 5.26 Å². The van der Waals surface area contributed by atoms with Crippen molar-refractivity contribution >= 4 is 28.5 Å². The van der Waals surface area contributed by atoms with E-state index >= 15 is 0 Å². The van der Waals surface area contributed by atoms with Crippen LogP contribution in [0.15, 0.2) is 24.3 Å². The quantitative estimate of drug-likeness (QED) is 0.867. The van der Waals surface area contributed by atoms with Gasteiger partial charge in [0.05, 0.1) is 6.07 Å². The van der Waals surface area contributed by atoms with Crippen molar-refractivity contribution in [3.05, 3.63) is 33.4 Å². The van der Waals surface area contributed by atoms with Crippen LogP contribution in [0.2, 0.25) is 0 Å². The number of nitriles is 1. The van der Waals surface area contributed by atoms with E-state index in [2.05, 4.69) is 34.0 Å². The van der Waals surface area contributed by atoms with Gasteiger partial charge in [-0.15, -0.1) is 0 Å². The lowest BCUT2D eigenvalue weighted by Gasteiger charge is -2.10. The first-order valence-electron chi connectivity index (χ1n) is 5.17. The molecule has 1 aromatic rings. The number of carbonyl (C=O) groups excluding carboxylic acids is 1.